The second-order valence-electron chi connectivity index (χ2n) is 7.00. The van der Waals surface area contributed by atoms with Crippen LogP contribution in [-0.2, 0) is 16.6 Å². The van der Waals surface area contributed by atoms with Crippen molar-refractivity contribution < 1.29 is 8.42 Å². The molecular weight excluding hydrogens is 308 g/mol. The van der Waals surface area contributed by atoms with Gasteiger partial charge in [-0.25, -0.2) is 13.1 Å². The molecule has 5 heteroatoms. The van der Waals surface area contributed by atoms with Gasteiger partial charge in [0, 0.05) is 24.7 Å². The molecule has 2 unspecified atom stereocenters. The first-order chi connectivity index (χ1) is 11.1. The standard InChI is InChI=1S/C18H28N2O2S/c1-2-3-11-23(21,22)19-16-12-17-9-10-18(13-16)20(17)14-15-7-5-4-6-8-15/h4-8,16-19H,2-3,9-14H2,1H3. The van der Waals surface area contributed by atoms with Gasteiger partial charge in [-0.05, 0) is 37.7 Å². The summed E-state index contributed by atoms with van der Waals surface area (Å²) in [5.74, 6) is 0.267. The van der Waals surface area contributed by atoms with E-state index in [1.54, 1.807) is 0 Å². The Morgan fingerprint density at radius 3 is 2.39 bits per heavy atom. The highest BCUT2D eigenvalue weighted by Gasteiger charge is 2.41. The van der Waals surface area contributed by atoms with Gasteiger partial charge in [0.1, 0.15) is 0 Å². The van der Waals surface area contributed by atoms with Crippen LogP contribution < -0.4 is 4.72 Å². The Balaban J connectivity index is 1.59. The first-order valence-corrected chi connectivity index (χ1v) is 10.5. The van der Waals surface area contributed by atoms with Crippen LogP contribution in [0.15, 0.2) is 30.3 Å². The Hall–Kier alpha value is -0.910. The lowest BCUT2D eigenvalue weighted by molar-refractivity contribution is 0.115. The molecule has 2 aliphatic heterocycles. The minimum absolute atomic E-state index is 0.126. The first-order valence-electron chi connectivity index (χ1n) is 8.87. The molecule has 2 fully saturated rings. The van der Waals surface area contributed by atoms with Crippen LogP contribution in [0.1, 0.15) is 51.0 Å². The van der Waals surface area contributed by atoms with Crippen LogP contribution in [0, 0.1) is 0 Å². The molecule has 1 N–H and O–H groups in total. The Morgan fingerprint density at radius 1 is 1.13 bits per heavy atom. The molecule has 128 valence electrons. The molecular formula is C18H28N2O2S. The third-order valence-electron chi connectivity index (χ3n) is 5.21. The van der Waals surface area contributed by atoms with Gasteiger partial charge in [0.2, 0.25) is 10.0 Å². The molecule has 2 aliphatic rings. The van der Waals surface area contributed by atoms with Crippen molar-refractivity contribution in [2.24, 2.45) is 0 Å². The molecule has 4 nitrogen and oxygen atoms in total. The molecule has 0 saturated carbocycles. The summed E-state index contributed by atoms with van der Waals surface area (Å²) in [5, 5.41) is 0. The molecule has 2 saturated heterocycles. The van der Waals surface area contributed by atoms with Crippen molar-refractivity contribution in [2.75, 3.05) is 5.75 Å². The van der Waals surface area contributed by atoms with Crippen LogP contribution in [0.5, 0.6) is 0 Å². The highest BCUT2D eigenvalue weighted by molar-refractivity contribution is 7.89. The Labute approximate surface area is 140 Å². The van der Waals surface area contributed by atoms with Crippen LogP contribution in [-0.4, -0.2) is 37.2 Å². The van der Waals surface area contributed by atoms with Gasteiger partial charge in [0.25, 0.3) is 0 Å². The number of sulfonamides is 1. The molecule has 0 aliphatic carbocycles. The van der Waals surface area contributed by atoms with Gasteiger partial charge in [-0.3, -0.25) is 4.90 Å². The number of nitrogens with zero attached hydrogens (tertiary/aromatic N) is 1. The number of fused-ring (bicyclic) bond motifs is 2. The van der Waals surface area contributed by atoms with Crippen LogP contribution in [0.2, 0.25) is 0 Å². The molecule has 2 bridgehead atoms. The molecule has 0 amide bonds. The van der Waals surface area contributed by atoms with Gasteiger partial charge in [-0.15, -0.1) is 0 Å². The lowest BCUT2D eigenvalue weighted by Crippen LogP contribution is -2.50. The van der Waals surface area contributed by atoms with E-state index in [0.29, 0.717) is 12.1 Å². The fourth-order valence-corrected chi connectivity index (χ4v) is 5.56. The van der Waals surface area contributed by atoms with Gasteiger partial charge in [0.15, 0.2) is 0 Å². The van der Waals surface area contributed by atoms with Crippen LogP contribution in [0.3, 0.4) is 0 Å². The molecule has 0 aromatic heterocycles. The van der Waals surface area contributed by atoms with Crippen molar-refractivity contribution in [3.05, 3.63) is 35.9 Å². The van der Waals surface area contributed by atoms with E-state index in [9.17, 15) is 8.42 Å². The van der Waals surface area contributed by atoms with Crippen molar-refractivity contribution in [3.63, 3.8) is 0 Å². The van der Waals surface area contributed by atoms with Crippen LogP contribution >= 0.6 is 0 Å². The van der Waals surface area contributed by atoms with Gasteiger partial charge < -0.3 is 0 Å². The Kier molecular flexibility index (Phi) is 5.39. The average Bonchev–Trinajstić information content (AvgIpc) is 2.76. The second kappa shape index (κ2) is 7.32. The van der Waals surface area contributed by atoms with E-state index in [4.69, 9.17) is 0 Å². The molecule has 1 aromatic carbocycles. The van der Waals surface area contributed by atoms with Crippen LogP contribution in [0.4, 0.5) is 0 Å². The SMILES string of the molecule is CCCCS(=O)(=O)NC1CC2CCC(C1)N2Cc1ccccc1. The van der Waals surface area contributed by atoms with Crippen molar-refractivity contribution >= 4 is 10.0 Å². The second-order valence-corrected chi connectivity index (χ2v) is 8.87. The van der Waals surface area contributed by atoms with E-state index in [1.165, 1.54) is 18.4 Å². The molecule has 1 aromatic rings. The average molecular weight is 337 g/mol. The number of benzene rings is 1. The monoisotopic (exact) mass is 336 g/mol. The largest absolute Gasteiger partial charge is 0.293 e. The number of nitrogens with one attached hydrogen (secondary N) is 1. The minimum Gasteiger partial charge on any atom is -0.293 e. The topological polar surface area (TPSA) is 49.4 Å². The van der Waals surface area contributed by atoms with E-state index in [2.05, 4.69) is 40.0 Å². The van der Waals surface area contributed by atoms with Crippen molar-refractivity contribution in [1.29, 1.82) is 0 Å². The van der Waals surface area contributed by atoms with E-state index >= 15 is 0 Å². The lowest BCUT2D eigenvalue weighted by atomic mass is 9.97. The smallest absolute Gasteiger partial charge is 0.211 e. The van der Waals surface area contributed by atoms with Crippen molar-refractivity contribution in [1.82, 2.24) is 9.62 Å². The Morgan fingerprint density at radius 2 is 1.78 bits per heavy atom. The summed E-state index contributed by atoms with van der Waals surface area (Å²) in [4.78, 5) is 2.59. The highest BCUT2D eigenvalue weighted by Crippen LogP contribution is 2.37. The third kappa shape index (κ3) is 4.34. The number of hydrogen-bond acceptors (Lipinski definition) is 3. The van der Waals surface area contributed by atoms with Crippen LogP contribution in [0.25, 0.3) is 0 Å². The fourth-order valence-electron chi connectivity index (χ4n) is 4.07. The summed E-state index contributed by atoms with van der Waals surface area (Å²) >= 11 is 0. The summed E-state index contributed by atoms with van der Waals surface area (Å²) in [6.07, 6.45) is 5.97. The maximum atomic E-state index is 12.1. The predicted octanol–water partition coefficient (Wildman–Crippen LogP) is 2.90. The highest BCUT2D eigenvalue weighted by atomic mass is 32.2. The minimum atomic E-state index is -3.11. The number of piperidine rings is 1. The predicted molar refractivity (Wildman–Crippen MR) is 93.6 cm³/mol. The summed E-state index contributed by atoms with van der Waals surface area (Å²) in [6.45, 7) is 3.02. The zero-order valence-electron chi connectivity index (χ0n) is 13.9. The molecule has 2 atom stereocenters. The lowest BCUT2D eigenvalue weighted by Gasteiger charge is -2.39. The number of hydrogen-bond donors (Lipinski definition) is 1. The van der Waals surface area contributed by atoms with E-state index in [1.807, 2.05) is 6.92 Å². The molecule has 3 rings (SSSR count). The fraction of sp³-hybridized carbons (Fsp3) is 0.667. The van der Waals surface area contributed by atoms with Gasteiger partial charge in [-0.1, -0.05) is 43.7 Å². The number of rotatable bonds is 7. The van der Waals surface area contributed by atoms with Crippen molar-refractivity contribution in [3.8, 4) is 0 Å². The Bertz CT molecular complexity index is 589. The summed E-state index contributed by atoms with van der Waals surface area (Å²) in [7, 11) is -3.11. The first kappa shape index (κ1) is 16.9. The van der Waals surface area contributed by atoms with E-state index in [0.717, 1.165) is 32.2 Å². The zero-order valence-corrected chi connectivity index (χ0v) is 14.8. The molecule has 2 heterocycles. The maximum absolute atomic E-state index is 12.1. The quantitative estimate of drug-likeness (QED) is 0.833. The molecule has 0 radical (unpaired) electrons. The number of unbranched alkanes of at least 4 members (excludes halogenated alkanes) is 1. The van der Waals surface area contributed by atoms with E-state index < -0.39 is 10.0 Å². The molecule has 0 spiro atoms. The van der Waals surface area contributed by atoms with E-state index in [-0.39, 0.29) is 11.8 Å². The van der Waals surface area contributed by atoms with Gasteiger partial charge in [-0.2, -0.15) is 0 Å². The summed E-state index contributed by atoms with van der Waals surface area (Å²) < 4.78 is 27.2. The maximum Gasteiger partial charge on any atom is 0.211 e. The zero-order chi connectivity index (χ0) is 16.3. The summed E-state index contributed by atoms with van der Waals surface area (Å²) in [5.41, 5.74) is 1.35. The van der Waals surface area contributed by atoms with Gasteiger partial charge >= 0.3 is 0 Å². The summed E-state index contributed by atoms with van der Waals surface area (Å²) in [6, 6.07) is 11.8. The molecule has 23 heavy (non-hydrogen) atoms. The normalized spacial score (nSPS) is 28.1. The van der Waals surface area contributed by atoms with Crippen molar-refractivity contribution in [2.45, 2.75) is 70.1 Å². The van der Waals surface area contributed by atoms with Gasteiger partial charge in [0.05, 0.1) is 5.75 Å². The third-order valence-corrected chi connectivity index (χ3v) is 6.72.